The van der Waals surface area contributed by atoms with Crippen LogP contribution in [0.4, 0.5) is 0 Å². The second kappa shape index (κ2) is 10.8. The summed E-state index contributed by atoms with van der Waals surface area (Å²) in [5, 5.41) is 0.227. The first-order chi connectivity index (χ1) is 15.8. The maximum Gasteiger partial charge on any atom is 0.244 e. The van der Waals surface area contributed by atoms with Crippen LogP contribution >= 0.6 is 24.0 Å². The molecule has 7 nitrogen and oxygen atoms in total. The molecular formula is C24H30Cl2N2O5S. The summed E-state index contributed by atoms with van der Waals surface area (Å²) in [6.07, 6.45) is 1.86. The number of methoxy groups -OCH3 is 2. The summed E-state index contributed by atoms with van der Waals surface area (Å²) in [5.41, 5.74) is 2.81. The molecule has 186 valence electrons. The Kier molecular flexibility index (Phi) is 8.52. The molecule has 0 N–H and O–H groups in total. The van der Waals surface area contributed by atoms with E-state index in [2.05, 4.69) is 4.90 Å². The summed E-state index contributed by atoms with van der Waals surface area (Å²) in [5.74, 6) is 1.17. The third-order valence-electron chi connectivity index (χ3n) is 6.56. The quantitative estimate of drug-likeness (QED) is 0.481. The summed E-state index contributed by atoms with van der Waals surface area (Å²) in [6.45, 7) is 4.07. The first kappa shape index (κ1) is 26.8. The van der Waals surface area contributed by atoms with E-state index >= 15 is 0 Å². The molecule has 0 bridgehead atoms. The van der Waals surface area contributed by atoms with Gasteiger partial charge in [-0.15, -0.1) is 12.4 Å². The first-order valence-electron chi connectivity index (χ1n) is 11.1. The van der Waals surface area contributed by atoms with Gasteiger partial charge in [0.2, 0.25) is 10.0 Å². The van der Waals surface area contributed by atoms with Crippen molar-refractivity contribution < 1.29 is 22.7 Å². The molecule has 0 amide bonds. The Morgan fingerprint density at radius 1 is 1.21 bits per heavy atom. The number of ether oxygens (including phenoxy) is 2. The van der Waals surface area contributed by atoms with Gasteiger partial charge in [0.25, 0.3) is 0 Å². The van der Waals surface area contributed by atoms with E-state index in [1.54, 1.807) is 32.4 Å². The fourth-order valence-corrected chi connectivity index (χ4v) is 6.98. The Bertz CT molecular complexity index is 1170. The fourth-order valence-electron chi connectivity index (χ4n) is 5.00. The summed E-state index contributed by atoms with van der Waals surface area (Å²) >= 11 is 6.15. The smallest absolute Gasteiger partial charge is 0.244 e. The minimum Gasteiger partial charge on any atom is -0.493 e. The van der Waals surface area contributed by atoms with Gasteiger partial charge in [0.1, 0.15) is 4.90 Å². The van der Waals surface area contributed by atoms with Crippen LogP contribution in [-0.4, -0.2) is 63.8 Å². The molecule has 0 aromatic heterocycles. The van der Waals surface area contributed by atoms with Gasteiger partial charge >= 0.3 is 0 Å². The van der Waals surface area contributed by atoms with Crippen LogP contribution in [-0.2, 0) is 16.4 Å². The largest absolute Gasteiger partial charge is 0.493 e. The standard InChI is InChI=1S/C24H29ClN2O5S.ClH/c1-4-27(33(29,30)21-9-6-5-8-17(21)25)12-7-11-26-13-10-16-14-20(31-2)24(32-3)23-19(28)15-18(26)22(16)23;/h5-6,8-9,14,18H,4,7,10-13,15H2,1-3H3;1H. The first-order valence-corrected chi connectivity index (χ1v) is 12.9. The topological polar surface area (TPSA) is 76.2 Å². The number of Topliss-reactive ketones (excluding diaryl/α,β-unsaturated/α-hetero) is 1. The van der Waals surface area contributed by atoms with Crippen molar-refractivity contribution in [3.05, 3.63) is 52.0 Å². The fraction of sp³-hybridized carbons (Fsp3) is 0.458. The molecule has 1 aliphatic carbocycles. The van der Waals surface area contributed by atoms with E-state index in [1.807, 2.05) is 13.0 Å². The van der Waals surface area contributed by atoms with Gasteiger partial charge in [-0.1, -0.05) is 30.7 Å². The average Bonchev–Trinajstić information content (AvgIpc) is 3.15. The summed E-state index contributed by atoms with van der Waals surface area (Å²) in [7, 11) is -0.531. The van der Waals surface area contributed by atoms with Crippen molar-refractivity contribution in [3.8, 4) is 11.5 Å². The van der Waals surface area contributed by atoms with Gasteiger partial charge in [0.15, 0.2) is 17.3 Å². The maximum absolute atomic E-state index is 13.1. The van der Waals surface area contributed by atoms with Crippen molar-refractivity contribution >= 4 is 39.8 Å². The van der Waals surface area contributed by atoms with Crippen LogP contribution in [0.15, 0.2) is 35.2 Å². The second-order valence-corrected chi connectivity index (χ2v) is 10.6. The minimum atomic E-state index is -3.67. The van der Waals surface area contributed by atoms with Gasteiger partial charge < -0.3 is 9.47 Å². The van der Waals surface area contributed by atoms with Crippen LogP contribution in [0.25, 0.3) is 0 Å². The molecule has 1 unspecified atom stereocenters. The third-order valence-corrected chi connectivity index (χ3v) is 9.03. The van der Waals surface area contributed by atoms with E-state index in [1.165, 1.54) is 10.4 Å². The van der Waals surface area contributed by atoms with Crippen molar-refractivity contribution in [1.82, 2.24) is 9.21 Å². The molecule has 1 heterocycles. The van der Waals surface area contributed by atoms with Crippen LogP contribution in [0.2, 0.25) is 5.02 Å². The zero-order valence-electron chi connectivity index (χ0n) is 19.5. The monoisotopic (exact) mass is 528 g/mol. The molecule has 34 heavy (non-hydrogen) atoms. The van der Waals surface area contributed by atoms with E-state index in [0.717, 1.165) is 24.1 Å². The van der Waals surface area contributed by atoms with Crippen LogP contribution in [0.5, 0.6) is 11.5 Å². The van der Waals surface area contributed by atoms with Crippen LogP contribution in [0.1, 0.15) is 47.3 Å². The number of rotatable bonds is 9. The Hall–Kier alpha value is -1.84. The lowest BCUT2D eigenvalue weighted by Crippen LogP contribution is -2.38. The molecule has 1 aliphatic heterocycles. The Labute approximate surface area is 212 Å². The van der Waals surface area contributed by atoms with Gasteiger partial charge in [-0.3, -0.25) is 9.69 Å². The molecule has 0 saturated carbocycles. The molecule has 4 rings (SSSR count). The molecule has 0 spiro atoms. The lowest BCUT2D eigenvalue weighted by molar-refractivity contribution is 0.0946. The number of halogens is 2. The summed E-state index contributed by atoms with van der Waals surface area (Å²) in [4.78, 5) is 15.3. The highest BCUT2D eigenvalue weighted by Gasteiger charge is 2.41. The third kappa shape index (κ3) is 4.66. The van der Waals surface area contributed by atoms with Gasteiger partial charge in [-0.05, 0) is 42.2 Å². The zero-order chi connectivity index (χ0) is 23.8. The summed E-state index contributed by atoms with van der Waals surface area (Å²) < 4.78 is 38.6. The molecule has 2 aromatic carbocycles. The van der Waals surface area contributed by atoms with E-state index in [-0.39, 0.29) is 34.2 Å². The number of hydrogen-bond acceptors (Lipinski definition) is 6. The maximum atomic E-state index is 13.1. The molecule has 10 heteroatoms. The van der Waals surface area contributed by atoms with Gasteiger partial charge in [-0.2, -0.15) is 4.31 Å². The number of benzene rings is 2. The highest BCUT2D eigenvalue weighted by Crippen LogP contribution is 2.48. The van der Waals surface area contributed by atoms with Crippen LogP contribution in [0, 0.1) is 0 Å². The van der Waals surface area contributed by atoms with E-state index in [4.69, 9.17) is 21.1 Å². The molecule has 1 atom stereocenters. The molecule has 2 aromatic rings. The number of hydrogen-bond donors (Lipinski definition) is 0. The van der Waals surface area contributed by atoms with E-state index < -0.39 is 10.0 Å². The van der Waals surface area contributed by atoms with Crippen LogP contribution in [0.3, 0.4) is 0 Å². The number of ketones is 1. The summed E-state index contributed by atoms with van der Waals surface area (Å²) in [6, 6.07) is 8.49. The van der Waals surface area contributed by atoms with Crippen molar-refractivity contribution in [2.75, 3.05) is 40.4 Å². The van der Waals surface area contributed by atoms with Gasteiger partial charge in [0, 0.05) is 38.6 Å². The predicted octanol–water partition coefficient (Wildman–Crippen LogP) is 4.37. The molecule has 0 radical (unpaired) electrons. The van der Waals surface area contributed by atoms with Crippen molar-refractivity contribution in [1.29, 1.82) is 0 Å². The highest BCUT2D eigenvalue weighted by atomic mass is 35.5. The van der Waals surface area contributed by atoms with Crippen LogP contribution < -0.4 is 9.47 Å². The molecule has 0 fully saturated rings. The SMILES string of the molecule is CCN(CCCN1CCc2cc(OC)c(OC)c3c2C1CC3=O)S(=O)(=O)c1ccccc1Cl.Cl. The van der Waals surface area contributed by atoms with Gasteiger partial charge in [-0.25, -0.2) is 8.42 Å². The van der Waals surface area contributed by atoms with E-state index in [9.17, 15) is 13.2 Å². The molecular weight excluding hydrogens is 499 g/mol. The predicted molar refractivity (Wildman–Crippen MR) is 134 cm³/mol. The van der Waals surface area contributed by atoms with Crippen molar-refractivity contribution in [3.63, 3.8) is 0 Å². The van der Waals surface area contributed by atoms with E-state index in [0.29, 0.717) is 49.5 Å². The normalized spacial score (nSPS) is 17.4. The second-order valence-electron chi connectivity index (χ2n) is 8.27. The Balaban J connectivity index is 0.00000324. The number of carbonyl (C=O) groups excluding carboxylic acids is 1. The van der Waals surface area contributed by atoms with Crippen molar-refractivity contribution in [2.45, 2.75) is 37.1 Å². The average molecular weight is 529 g/mol. The molecule has 2 aliphatic rings. The van der Waals surface area contributed by atoms with Crippen molar-refractivity contribution in [2.24, 2.45) is 0 Å². The number of nitrogens with zero attached hydrogens (tertiary/aromatic N) is 2. The number of sulfonamides is 1. The minimum absolute atomic E-state index is 0. The highest BCUT2D eigenvalue weighted by molar-refractivity contribution is 7.89. The Morgan fingerprint density at radius 2 is 1.94 bits per heavy atom. The lowest BCUT2D eigenvalue weighted by Gasteiger charge is -2.35. The van der Waals surface area contributed by atoms with Gasteiger partial charge in [0.05, 0.1) is 24.8 Å². The molecule has 0 saturated heterocycles. The zero-order valence-corrected chi connectivity index (χ0v) is 21.9. The lowest BCUT2D eigenvalue weighted by atomic mass is 9.92. The number of carbonyl (C=O) groups is 1. The Morgan fingerprint density at radius 3 is 2.59 bits per heavy atom.